The van der Waals surface area contributed by atoms with E-state index in [1.54, 1.807) is 12.1 Å². The van der Waals surface area contributed by atoms with E-state index >= 15 is 0 Å². The lowest BCUT2D eigenvalue weighted by molar-refractivity contribution is -0.385. The SMILES string of the molecule is O=[N+]([O-])c1ccc(-c2cnc3ccccc3n2)c(F)c1. The van der Waals surface area contributed by atoms with Crippen LogP contribution in [0.5, 0.6) is 0 Å². The highest BCUT2D eigenvalue weighted by molar-refractivity contribution is 5.77. The van der Waals surface area contributed by atoms with E-state index in [0.29, 0.717) is 16.7 Å². The van der Waals surface area contributed by atoms with Gasteiger partial charge in [-0.05, 0) is 18.2 Å². The van der Waals surface area contributed by atoms with Crippen molar-refractivity contribution in [1.29, 1.82) is 0 Å². The van der Waals surface area contributed by atoms with Gasteiger partial charge in [0.2, 0.25) is 0 Å². The normalized spacial score (nSPS) is 10.7. The summed E-state index contributed by atoms with van der Waals surface area (Å²) in [6, 6.07) is 10.7. The van der Waals surface area contributed by atoms with Crippen LogP contribution in [0, 0.1) is 15.9 Å². The Bertz CT molecular complexity index is 820. The third-order valence-corrected chi connectivity index (χ3v) is 2.89. The van der Waals surface area contributed by atoms with Crippen molar-refractivity contribution in [2.24, 2.45) is 0 Å². The molecule has 5 nitrogen and oxygen atoms in total. The molecule has 0 N–H and O–H groups in total. The number of rotatable bonds is 2. The Morgan fingerprint density at radius 1 is 1.10 bits per heavy atom. The first-order chi connectivity index (χ1) is 9.65. The summed E-state index contributed by atoms with van der Waals surface area (Å²) in [5, 5.41) is 10.6. The Morgan fingerprint density at radius 3 is 2.55 bits per heavy atom. The van der Waals surface area contributed by atoms with E-state index in [-0.39, 0.29) is 11.3 Å². The van der Waals surface area contributed by atoms with Gasteiger partial charge in [0.15, 0.2) is 0 Å². The molecule has 1 aromatic heterocycles. The van der Waals surface area contributed by atoms with Crippen LogP contribution in [-0.2, 0) is 0 Å². The molecule has 0 saturated heterocycles. The van der Waals surface area contributed by atoms with E-state index in [4.69, 9.17) is 0 Å². The van der Waals surface area contributed by atoms with Gasteiger partial charge in [0, 0.05) is 11.6 Å². The lowest BCUT2D eigenvalue weighted by Crippen LogP contribution is -1.94. The summed E-state index contributed by atoms with van der Waals surface area (Å²) in [5.41, 5.74) is 1.59. The van der Waals surface area contributed by atoms with Gasteiger partial charge in [-0.25, -0.2) is 9.37 Å². The van der Waals surface area contributed by atoms with Gasteiger partial charge in [0.25, 0.3) is 5.69 Å². The van der Waals surface area contributed by atoms with Gasteiger partial charge in [0.05, 0.1) is 33.9 Å². The molecule has 20 heavy (non-hydrogen) atoms. The van der Waals surface area contributed by atoms with E-state index in [9.17, 15) is 14.5 Å². The van der Waals surface area contributed by atoms with Crippen molar-refractivity contribution in [3.8, 4) is 11.3 Å². The minimum atomic E-state index is -0.691. The first-order valence-corrected chi connectivity index (χ1v) is 5.81. The topological polar surface area (TPSA) is 68.9 Å². The molecule has 1 heterocycles. The molecule has 3 aromatic rings. The Kier molecular flexibility index (Phi) is 2.83. The van der Waals surface area contributed by atoms with Gasteiger partial charge in [-0.3, -0.25) is 15.1 Å². The van der Waals surface area contributed by atoms with Crippen LogP contribution in [0.3, 0.4) is 0 Å². The molecule has 0 aliphatic rings. The zero-order chi connectivity index (χ0) is 14.1. The molecule has 98 valence electrons. The molecule has 0 aliphatic carbocycles. The number of benzene rings is 2. The minimum absolute atomic E-state index is 0.189. The van der Waals surface area contributed by atoms with E-state index in [0.717, 1.165) is 6.07 Å². The summed E-state index contributed by atoms with van der Waals surface area (Å²) in [5.74, 6) is -0.691. The van der Waals surface area contributed by atoms with Crippen LogP contribution < -0.4 is 0 Å². The average Bonchev–Trinajstić information content (AvgIpc) is 2.46. The van der Waals surface area contributed by atoms with Crippen LogP contribution in [-0.4, -0.2) is 14.9 Å². The third kappa shape index (κ3) is 2.07. The molecule has 0 bridgehead atoms. The van der Waals surface area contributed by atoms with Gasteiger partial charge in [-0.2, -0.15) is 0 Å². The van der Waals surface area contributed by atoms with Crippen LogP contribution >= 0.6 is 0 Å². The Hall–Kier alpha value is -2.89. The lowest BCUT2D eigenvalue weighted by Gasteiger charge is -2.03. The van der Waals surface area contributed by atoms with Crippen LogP contribution in [0.2, 0.25) is 0 Å². The molecule has 0 unspecified atom stereocenters. The number of para-hydroxylation sites is 2. The van der Waals surface area contributed by atoms with Crippen molar-refractivity contribution >= 4 is 16.7 Å². The molecular formula is C14H8FN3O2. The van der Waals surface area contributed by atoms with Gasteiger partial charge in [0.1, 0.15) is 5.82 Å². The first kappa shape index (κ1) is 12.2. The highest BCUT2D eigenvalue weighted by Crippen LogP contribution is 2.25. The number of hydrogen-bond acceptors (Lipinski definition) is 4. The summed E-state index contributed by atoms with van der Waals surface area (Å²) in [6.07, 6.45) is 1.45. The molecule has 0 spiro atoms. The summed E-state index contributed by atoms with van der Waals surface area (Å²) < 4.78 is 13.9. The highest BCUT2D eigenvalue weighted by atomic mass is 19.1. The largest absolute Gasteiger partial charge is 0.272 e. The van der Waals surface area contributed by atoms with Gasteiger partial charge in [-0.1, -0.05) is 12.1 Å². The highest BCUT2D eigenvalue weighted by Gasteiger charge is 2.13. The Morgan fingerprint density at radius 2 is 1.85 bits per heavy atom. The zero-order valence-corrected chi connectivity index (χ0v) is 10.2. The number of nitrogens with zero attached hydrogens (tertiary/aromatic N) is 3. The number of non-ortho nitro benzene ring substituents is 1. The van der Waals surface area contributed by atoms with Gasteiger partial charge >= 0.3 is 0 Å². The van der Waals surface area contributed by atoms with Gasteiger partial charge in [-0.15, -0.1) is 0 Å². The van der Waals surface area contributed by atoms with Crippen molar-refractivity contribution in [2.45, 2.75) is 0 Å². The fourth-order valence-corrected chi connectivity index (χ4v) is 1.91. The van der Waals surface area contributed by atoms with E-state index in [1.165, 1.54) is 18.3 Å². The smallest absolute Gasteiger partial charge is 0.258 e. The summed E-state index contributed by atoms with van der Waals surface area (Å²) >= 11 is 0. The van der Waals surface area contributed by atoms with E-state index in [1.807, 2.05) is 12.1 Å². The summed E-state index contributed by atoms with van der Waals surface area (Å²) in [7, 11) is 0. The summed E-state index contributed by atoms with van der Waals surface area (Å²) in [4.78, 5) is 18.4. The summed E-state index contributed by atoms with van der Waals surface area (Å²) in [6.45, 7) is 0. The number of aromatic nitrogens is 2. The maximum Gasteiger partial charge on any atom is 0.272 e. The quantitative estimate of drug-likeness (QED) is 0.528. The van der Waals surface area contributed by atoms with Crippen LogP contribution in [0.4, 0.5) is 10.1 Å². The molecule has 2 aromatic carbocycles. The maximum atomic E-state index is 13.9. The molecule has 0 aliphatic heterocycles. The van der Waals surface area contributed by atoms with Crippen LogP contribution in [0.25, 0.3) is 22.3 Å². The standard InChI is InChI=1S/C14H8FN3O2/c15-11-7-9(18(19)20)5-6-10(11)14-8-16-12-3-1-2-4-13(12)17-14/h1-8H. The predicted molar refractivity (Wildman–Crippen MR) is 71.6 cm³/mol. The maximum absolute atomic E-state index is 13.9. The predicted octanol–water partition coefficient (Wildman–Crippen LogP) is 3.34. The third-order valence-electron chi connectivity index (χ3n) is 2.89. The number of nitro benzene ring substituents is 1. The molecule has 0 fully saturated rings. The monoisotopic (exact) mass is 269 g/mol. The second-order valence-corrected chi connectivity index (χ2v) is 4.17. The fourth-order valence-electron chi connectivity index (χ4n) is 1.91. The molecule has 0 saturated carbocycles. The second-order valence-electron chi connectivity index (χ2n) is 4.17. The van der Waals surface area contributed by atoms with Crippen LogP contribution in [0.1, 0.15) is 0 Å². The van der Waals surface area contributed by atoms with Crippen molar-refractivity contribution in [2.75, 3.05) is 0 Å². The first-order valence-electron chi connectivity index (χ1n) is 5.81. The van der Waals surface area contributed by atoms with E-state index in [2.05, 4.69) is 9.97 Å². The molecule has 3 rings (SSSR count). The average molecular weight is 269 g/mol. The molecule has 0 atom stereocenters. The molecule has 0 amide bonds. The Balaban J connectivity index is 2.13. The molecular weight excluding hydrogens is 261 g/mol. The number of fused-ring (bicyclic) bond motifs is 1. The van der Waals surface area contributed by atoms with Crippen molar-refractivity contribution < 1.29 is 9.31 Å². The second kappa shape index (κ2) is 4.65. The number of nitro groups is 1. The fraction of sp³-hybridized carbons (Fsp3) is 0. The minimum Gasteiger partial charge on any atom is -0.258 e. The molecule has 6 heteroatoms. The van der Waals surface area contributed by atoms with Crippen molar-refractivity contribution in [1.82, 2.24) is 9.97 Å². The lowest BCUT2D eigenvalue weighted by atomic mass is 10.1. The number of halogens is 1. The van der Waals surface area contributed by atoms with Gasteiger partial charge < -0.3 is 0 Å². The van der Waals surface area contributed by atoms with E-state index < -0.39 is 10.7 Å². The van der Waals surface area contributed by atoms with Crippen molar-refractivity contribution in [3.63, 3.8) is 0 Å². The van der Waals surface area contributed by atoms with Crippen molar-refractivity contribution in [3.05, 3.63) is 64.6 Å². The zero-order valence-electron chi connectivity index (χ0n) is 10.2. The number of hydrogen-bond donors (Lipinski definition) is 0. The molecule has 0 radical (unpaired) electrons. The van der Waals surface area contributed by atoms with Crippen LogP contribution in [0.15, 0.2) is 48.7 Å². The Labute approximate surface area is 112 Å².